The van der Waals surface area contributed by atoms with Crippen molar-refractivity contribution in [2.24, 2.45) is 0 Å². The van der Waals surface area contributed by atoms with Gasteiger partial charge in [0.1, 0.15) is 6.04 Å². The molecule has 1 aromatic carbocycles. The first kappa shape index (κ1) is 15.7. The fraction of sp³-hybridized carbons (Fsp3) is 0.176. The summed E-state index contributed by atoms with van der Waals surface area (Å²) in [7, 11) is 1.90. The lowest BCUT2D eigenvalue weighted by Crippen LogP contribution is -2.57. The van der Waals surface area contributed by atoms with Crippen LogP contribution in [0.4, 0.5) is 5.88 Å². The molecule has 2 heterocycles. The number of hydrogen-bond acceptors (Lipinski definition) is 5. The first-order chi connectivity index (χ1) is 11.6. The van der Waals surface area contributed by atoms with Gasteiger partial charge in [0, 0.05) is 12.4 Å². The summed E-state index contributed by atoms with van der Waals surface area (Å²) in [6.07, 6.45) is 4.72. The quantitative estimate of drug-likeness (QED) is 0.726. The average molecular weight is 324 g/mol. The molecule has 1 unspecified atom stereocenters. The van der Waals surface area contributed by atoms with E-state index in [9.17, 15) is 4.79 Å². The maximum atomic E-state index is 12.1. The zero-order chi connectivity index (χ0) is 16.9. The van der Waals surface area contributed by atoms with E-state index in [2.05, 4.69) is 22.5 Å². The Kier molecular flexibility index (Phi) is 4.51. The molecule has 0 spiro atoms. The molecule has 2 aromatic heterocycles. The van der Waals surface area contributed by atoms with Crippen molar-refractivity contribution in [3.8, 4) is 0 Å². The number of carbonyl (C=O) groups is 1. The van der Waals surface area contributed by atoms with Crippen molar-refractivity contribution in [1.82, 2.24) is 10.3 Å². The molecule has 3 rings (SSSR count). The van der Waals surface area contributed by atoms with E-state index >= 15 is 0 Å². The molecule has 1 N–H and O–H groups in total. The SMILES string of the molecule is CC(c1ccccc1)N(C)[n+]1cc(NC(=O)c2cccnc2)on1. The van der Waals surface area contributed by atoms with Crippen molar-refractivity contribution in [2.75, 3.05) is 17.4 Å². The number of nitrogens with one attached hydrogen (secondary N) is 1. The van der Waals surface area contributed by atoms with Crippen molar-refractivity contribution < 1.29 is 14.1 Å². The van der Waals surface area contributed by atoms with Gasteiger partial charge in [-0.05, 0) is 24.6 Å². The van der Waals surface area contributed by atoms with Gasteiger partial charge in [-0.15, -0.1) is 5.01 Å². The van der Waals surface area contributed by atoms with Gasteiger partial charge in [0.25, 0.3) is 12.1 Å². The number of anilines is 1. The summed E-state index contributed by atoms with van der Waals surface area (Å²) in [6.45, 7) is 2.06. The third-order valence-electron chi connectivity index (χ3n) is 3.78. The Morgan fingerprint density at radius 1 is 1.25 bits per heavy atom. The third kappa shape index (κ3) is 3.40. The highest BCUT2D eigenvalue weighted by molar-refractivity contribution is 6.03. The summed E-state index contributed by atoms with van der Waals surface area (Å²) in [5.41, 5.74) is 1.60. The fourth-order valence-electron chi connectivity index (χ4n) is 2.25. The minimum absolute atomic E-state index is 0.0863. The van der Waals surface area contributed by atoms with E-state index in [4.69, 9.17) is 4.52 Å². The van der Waals surface area contributed by atoms with Crippen LogP contribution in [0.15, 0.2) is 65.6 Å². The Morgan fingerprint density at radius 2 is 2.04 bits per heavy atom. The van der Waals surface area contributed by atoms with Crippen molar-refractivity contribution >= 4 is 11.8 Å². The Hall–Kier alpha value is -3.22. The standard InChI is InChI=1S/C17H17N5O2/c1-13(14-7-4-3-5-8-14)21(2)22-12-16(24-20-22)19-17(23)15-9-6-10-18-11-15/h3-13H,1-2H3/p+1. The van der Waals surface area contributed by atoms with Gasteiger partial charge in [-0.2, -0.15) is 0 Å². The van der Waals surface area contributed by atoms with Crippen LogP contribution < -0.4 is 15.1 Å². The van der Waals surface area contributed by atoms with Gasteiger partial charge < -0.3 is 0 Å². The van der Waals surface area contributed by atoms with Crippen LogP contribution in [0.2, 0.25) is 0 Å². The second-order valence-corrected chi connectivity index (χ2v) is 5.34. The van der Waals surface area contributed by atoms with Crippen molar-refractivity contribution in [1.29, 1.82) is 0 Å². The van der Waals surface area contributed by atoms with Crippen LogP contribution >= 0.6 is 0 Å². The molecule has 1 amide bonds. The normalized spacial score (nSPS) is 11.8. The highest BCUT2D eigenvalue weighted by Crippen LogP contribution is 2.15. The molecule has 7 nitrogen and oxygen atoms in total. The number of amides is 1. The van der Waals surface area contributed by atoms with Crippen LogP contribution in [0.5, 0.6) is 0 Å². The maximum absolute atomic E-state index is 12.1. The molecule has 1 atom stereocenters. The molecule has 0 aliphatic heterocycles. The molecule has 0 aliphatic carbocycles. The molecule has 0 radical (unpaired) electrons. The van der Waals surface area contributed by atoms with Gasteiger partial charge in [-0.25, -0.2) is 0 Å². The lowest BCUT2D eigenvalue weighted by Gasteiger charge is -2.16. The molecule has 7 heteroatoms. The minimum atomic E-state index is -0.301. The van der Waals surface area contributed by atoms with Gasteiger partial charge in [0.2, 0.25) is 5.27 Å². The van der Waals surface area contributed by atoms with E-state index in [-0.39, 0.29) is 17.8 Å². The van der Waals surface area contributed by atoms with Gasteiger partial charge in [-0.1, -0.05) is 30.3 Å². The number of nitrogens with zero attached hydrogens (tertiary/aromatic N) is 4. The van der Waals surface area contributed by atoms with E-state index < -0.39 is 0 Å². The van der Waals surface area contributed by atoms with Gasteiger partial charge in [-0.3, -0.25) is 19.6 Å². The largest absolute Gasteiger partial charge is 0.306 e. The Bertz CT molecular complexity index is 804. The van der Waals surface area contributed by atoms with Crippen molar-refractivity contribution in [3.05, 3.63) is 72.2 Å². The van der Waals surface area contributed by atoms with Gasteiger partial charge in [0.15, 0.2) is 0 Å². The maximum Gasteiger partial charge on any atom is 0.306 e. The topological polar surface area (TPSA) is 75.1 Å². The molecular weight excluding hydrogens is 306 g/mol. The summed E-state index contributed by atoms with van der Waals surface area (Å²) in [5.74, 6) is -0.0406. The van der Waals surface area contributed by atoms with Crippen molar-refractivity contribution in [3.63, 3.8) is 0 Å². The van der Waals surface area contributed by atoms with Crippen LogP contribution in [0.1, 0.15) is 28.9 Å². The van der Waals surface area contributed by atoms with Crippen molar-refractivity contribution in [2.45, 2.75) is 13.0 Å². The number of hydrogen-bond donors (Lipinski definition) is 1. The molecule has 122 valence electrons. The Morgan fingerprint density at radius 3 is 2.75 bits per heavy atom. The number of pyridine rings is 1. The summed E-state index contributed by atoms with van der Waals surface area (Å²) in [5, 5.41) is 8.50. The second kappa shape index (κ2) is 6.91. The summed E-state index contributed by atoms with van der Waals surface area (Å²) < 4.78 is 5.18. The zero-order valence-corrected chi connectivity index (χ0v) is 13.5. The molecule has 0 aliphatic rings. The highest BCUT2D eigenvalue weighted by atomic mass is 16.5. The van der Waals surface area contributed by atoms with E-state index in [1.807, 2.05) is 42.4 Å². The fourth-order valence-corrected chi connectivity index (χ4v) is 2.25. The number of aromatic nitrogens is 3. The van der Waals surface area contributed by atoms with Gasteiger partial charge in [0.05, 0.1) is 17.4 Å². The average Bonchev–Trinajstić information content (AvgIpc) is 3.10. The van der Waals surface area contributed by atoms with Crippen LogP contribution in [0.3, 0.4) is 0 Å². The number of benzene rings is 1. The number of carbonyl (C=O) groups excluding carboxylic acids is 1. The lowest BCUT2D eigenvalue weighted by atomic mass is 10.1. The minimum Gasteiger partial charge on any atom is -0.285 e. The van der Waals surface area contributed by atoms with Crippen LogP contribution in [0, 0.1) is 0 Å². The van der Waals surface area contributed by atoms with E-state index in [0.717, 1.165) is 5.56 Å². The third-order valence-corrected chi connectivity index (χ3v) is 3.78. The monoisotopic (exact) mass is 324 g/mol. The molecule has 3 aromatic rings. The Balaban J connectivity index is 1.70. The molecular formula is C17H18N5O2+. The predicted octanol–water partition coefficient (Wildman–Crippen LogP) is 1.94. The first-order valence-corrected chi connectivity index (χ1v) is 7.53. The van der Waals surface area contributed by atoms with E-state index in [0.29, 0.717) is 5.56 Å². The van der Waals surface area contributed by atoms with Crippen LogP contribution in [-0.2, 0) is 0 Å². The predicted molar refractivity (Wildman–Crippen MR) is 87.9 cm³/mol. The Labute approximate surface area is 139 Å². The van der Waals surface area contributed by atoms with E-state index in [1.165, 1.54) is 6.20 Å². The lowest BCUT2D eigenvalue weighted by molar-refractivity contribution is -0.759. The van der Waals surface area contributed by atoms with E-state index in [1.54, 1.807) is 29.3 Å². The summed E-state index contributed by atoms with van der Waals surface area (Å²) in [4.78, 5) is 17.6. The number of rotatable bonds is 5. The molecule has 24 heavy (non-hydrogen) atoms. The second-order valence-electron chi connectivity index (χ2n) is 5.34. The smallest absolute Gasteiger partial charge is 0.285 e. The summed E-state index contributed by atoms with van der Waals surface area (Å²) in [6, 6.07) is 13.5. The molecule has 0 saturated carbocycles. The van der Waals surface area contributed by atoms with Crippen LogP contribution in [0.25, 0.3) is 0 Å². The van der Waals surface area contributed by atoms with Gasteiger partial charge >= 0.3 is 5.88 Å². The zero-order valence-electron chi connectivity index (χ0n) is 13.5. The molecule has 0 fully saturated rings. The first-order valence-electron chi connectivity index (χ1n) is 7.53. The molecule has 0 bridgehead atoms. The summed E-state index contributed by atoms with van der Waals surface area (Å²) >= 11 is 0. The molecule has 0 saturated heterocycles. The van der Waals surface area contributed by atoms with Crippen LogP contribution in [-0.4, -0.2) is 23.2 Å². The highest BCUT2D eigenvalue weighted by Gasteiger charge is 2.24.